The van der Waals surface area contributed by atoms with Crippen LogP contribution >= 0.6 is 12.4 Å². The van der Waals surface area contributed by atoms with Crippen LogP contribution in [0.1, 0.15) is 18.0 Å². The summed E-state index contributed by atoms with van der Waals surface area (Å²) in [5, 5.41) is 12.9. The summed E-state index contributed by atoms with van der Waals surface area (Å²) in [5.74, 6) is -1.29. The number of halogens is 4. The number of phenolic OH excluding ortho intramolecular Hbond substituents is 1. The third-order valence-electron chi connectivity index (χ3n) is 3.37. The Kier molecular flexibility index (Phi) is 6.58. The first-order valence-corrected chi connectivity index (χ1v) is 6.30. The lowest BCUT2D eigenvalue weighted by atomic mass is 10.00. The Morgan fingerprint density at radius 3 is 2.50 bits per heavy atom. The molecule has 1 heterocycles. The fraction of sp³-hybridized carbons (Fsp3) is 0.538. The number of benzene rings is 1. The standard InChI is InChI=1S/C13H17F3N2O.ClH/c14-10-3-1-2-9(13(10)19)11(8-12(15)16)18-6-4-17-5-7-18;/h1-3,11-12,17,19H,4-8H2;1H/t11-;/m0./s1. The molecule has 0 aliphatic carbocycles. The minimum atomic E-state index is -2.50. The maximum atomic E-state index is 13.4. The van der Waals surface area contributed by atoms with Crippen LogP contribution in [0, 0.1) is 5.82 Å². The maximum absolute atomic E-state index is 13.4. The van der Waals surface area contributed by atoms with Crippen molar-refractivity contribution in [2.45, 2.75) is 18.9 Å². The summed E-state index contributed by atoms with van der Waals surface area (Å²) in [4.78, 5) is 1.86. The summed E-state index contributed by atoms with van der Waals surface area (Å²) < 4.78 is 38.9. The van der Waals surface area contributed by atoms with Gasteiger partial charge < -0.3 is 10.4 Å². The molecule has 1 aliphatic heterocycles. The van der Waals surface area contributed by atoms with Gasteiger partial charge in [-0.2, -0.15) is 0 Å². The van der Waals surface area contributed by atoms with E-state index in [1.54, 1.807) is 0 Å². The number of hydrogen-bond donors (Lipinski definition) is 2. The molecular formula is C13H18ClF3N2O. The molecule has 7 heteroatoms. The molecule has 0 unspecified atom stereocenters. The first kappa shape index (κ1) is 17.1. The molecule has 2 rings (SSSR count). The summed E-state index contributed by atoms with van der Waals surface area (Å²) in [5.41, 5.74) is 0.238. The number of phenols is 1. The topological polar surface area (TPSA) is 35.5 Å². The number of alkyl halides is 2. The van der Waals surface area contributed by atoms with E-state index < -0.39 is 30.5 Å². The highest BCUT2D eigenvalue weighted by Gasteiger charge is 2.28. The highest BCUT2D eigenvalue weighted by molar-refractivity contribution is 5.85. The summed E-state index contributed by atoms with van der Waals surface area (Å²) in [6.45, 7) is 2.62. The van der Waals surface area contributed by atoms with E-state index in [4.69, 9.17) is 0 Å². The highest BCUT2D eigenvalue weighted by atomic mass is 35.5. The number of aromatic hydroxyl groups is 1. The van der Waals surface area contributed by atoms with Crippen molar-refractivity contribution in [3.8, 4) is 5.75 Å². The van der Waals surface area contributed by atoms with Gasteiger partial charge in [-0.3, -0.25) is 4.90 Å². The first-order valence-electron chi connectivity index (χ1n) is 6.30. The van der Waals surface area contributed by atoms with E-state index in [0.29, 0.717) is 26.2 Å². The quantitative estimate of drug-likeness (QED) is 0.897. The zero-order valence-electron chi connectivity index (χ0n) is 10.9. The number of para-hydroxylation sites is 1. The zero-order chi connectivity index (χ0) is 13.8. The molecule has 0 bridgehead atoms. The van der Waals surface area contributed by atoms with E-state index >= 15 is 0 Å². The second-order valence-electron chi connectivity index (χ2n) is 4.61. The van der Waals surface area contributed by atoms with Crippen molar-refractivity contribution in [3.63, 3.8) is 0 Å². The predicted molar refractivity (Wildman–Crippen MR) is 73.1 cm³/mol. The Morgan fingerprint density at radius 1 is 1.25 bits per heavy atom. The van der Waals surface area contributed by atoms with Crippen LogP contribution in [0.2, 0.25) is 0 Å². The monoisotopic (exact) mass is 310 g/mol. The van der Waals surface area contributed by atoms with Crippen LogP contribution in [-0.4, -0.2) is 42.6 Å². The number of nitrogens with one attached hydrogen (secondary N) is 1. The van der Waals surface area contributed by atoms with E-state index in [9.17, 15) is 18.3 Å². The lowest BCUT2D eigenvalue weighted by molar-refractivity contribution is 0.0727. The zero-order valence-corrected chi connectivity index (χ0v) is 11.7. The normalized spacial score (nSPS) is 17.8. The van der Waals surface area contributed by atoms with Crippen molar-refractivity contribution in [2.75, 3.05) is 26.2 Å². The van der Waals surface area contributed by atoms with Crippen LogP contribution < -0.4 is 5.32 Å². The number of piperazine rings is 1. The van der Waals surface area contributed by atoms with Gasteiger partial charge >= 0.3 is 0 Å². The molecule has 20 heavy (non-hydrogen) atoms. The van der Waals surface area contributed by atoms with Crippen molar-refractivity contribution < 1.29 is 18.3 Å². The van der Waals surface area contributed by atoms with Gasteiger partial charge in [-0.05, 0) is 6.07 Å². The van der Waals surface area contributed by atoms with Gasteiger partial charge in [-0.25, -0.2) is 13.2 Å². The van der Waals surface area contributed by atoms with Crippen LogP contribution in [0.25, 0.3) is 0 Å². The Morgan fingerprint density at radius 2 is 1.90 bits per heavy atom. The number of nitrogens with zero attached hydrogens (tertiary/aromatic N) is 1. The summed E-state index contributed by atoms with van der Waals surface area (Å²) in [7, 11) is 0. The van der Waals surface area contributed by atoms with Gasteiger partial charge in [0.1, 0.15) is 0 Å². The maximum Gasteiger partial charge on any atom is 0.240 e. The summed E-state index contributed by atoms with van der Waals surface area (Å²) in [6, 6.07) is 3.41. The molecule has 114 valence electrons. The molecule has 0 aromatic heterocycles. The lowest BCUT2D eigenvalue weighted by Crippen LogP contribution is -2.45. The van der Waals surface area contributed by atoms with Crippen LogP contribution in [-0.2, 0) is 0 Å². The van der Waals surface area contributed by atoms with Crippen LogP contribution in [0.5, 0.6) is 5.75 Å². The van der Waals surface area contributed by atoms with Crippen molar-refractivity contribution in [1.82, 2.24) is 10.2 Å². The van der Waals surface area contributed by atoms with Crippen LogP contribution in [0.4, 0.5) is 13.2 Å². The van der Waals surface area contributed by atoms with Gasteiger partial charge in [0.05, 0.1) is 0 Å². The molecule has 3 nitrogen and oxygen atoms in total. The van der Waals surface area contributed by atoms with Gasteiger partial charge in [-0.15, -0.1) is 12.4 Å². The molecular weight excluding hydrogens is 293 g/mol. The van der Waals surface area contributed by atoms with Crippen molar-refractivity contribution >= 4 is 12.4 Å². The van der Waals surface area contributed by atoms with E-state index in [2.05, 4.69) is 5.32 Å². The summed E-state index contributed by atoms with van der Waals surface area (Å²) in [6.07, 6.45) is -2.90. The van der Waals surface area contributed by atoms with Gasteiger partial charge in [0.25, 0.3) is 0 Å². The molecule has 1 aliphatic rings. The van der Waals surface area contributed by atoms with Gasteiger partial charge in [0, 0.05) is 44.2 Å². The van der Waals surface area contributed by atoms with E-state index in [1.807, 2.05) is 4.90 Å². The Balaban J connectivity index is 0.00000200. The van der Waals surface area contributed by atoms with Gasteiger partial charge in [-0.1, -0.05) is 12.1 Å². The largest absolute Gasteiger partial charge is 0.505 e. The Hall–Kier alpha value is -0.980. The van der Waals surface area contributed by atoms with E-state index in [-0.39, 0.29) is 18.0 Å². The minimum absolute atomic E-state index is 0. The van der Waals surface area contributed by atoms with E-state index in [0.717, 1.165) is 6.07 Å². The molecule has 0 amide bonds. The third kappa shape index (κ3) is 4.01. The highest BCUT2D eigenvalue weighted by Crippen LogP contribution is 2.34. The molecule has 1 aromatic rings. The van der Waals surface area contributed by atoms with Crippen LogP contribution in [0.15, 0.2) is 18.2 Å². The van der Waals surface area contributed by atoms with E-state index in [1.165, 1.54) is 12.1 Å². The molecule has 0 spiro atoms. The fourth-order valence-corrected chi connectivity index (χ4v) is 2.44. The predicted octanol–water partition coefficient (Wildman–Crippen LogP) is 2.55. The summed E-state index contributed by atoms with van der Waals surface area (Å²) >= 11 is 0. The molecule has 1 atom stereocenters. The molecule has 1 aromatic carbocycles. The molecule has 0 saturated carbocycles. The van der Waals surface area contributed by atoms with Crippen molar-refractivity contribution in [3.05, 3.63) is 29.6 Å². The molecule has 1 saturated heterocycles. The number of hydrogen-bond acceptors (Lipinski definition) is 3. The third-order valence-corrected chi connectivity index (χ3v) is 3.37. The smallest absolute Gasteiger partial charge is 0.240 e. The van der Waals surface area contributed by atoms with Crippen molar-refractivity contribution in [2.24, 2.45) is 0 Å². The molecule has 0 radical (unpaired) electrons. The molecule has 2 N–H and O–H groups in total. The first-order chi connectivity index (χ1) is 9.09. The van der Waals surface area contributed by atoms with Crippen LogP contribution in [0.3, 0.4) is 0 Å². The number of rotatable bonds is 4. The fourth-order valence-electron chi connectivity index (χ4n) is 2.44. The Bertz CT molecular complexity index is 428. The minimum Gasteiger partial charge on any atom is -0.505 e. The van der Waals surface area contributed by atoms with Crippen molar-refractivity contribution in [1.29, 1.82) is 0 Å². The lowest BCUT2D eigenvalue weighted by Gasteiger charge is -2.35. The van der Waals surface area contributed by atoms with Gasteiger partial charge in [0.15, 0.2) is 11.6 Å². The SMILES string of the molecule is Cl.Oc1c(F)cccc1[C@H](CC(F)F)N1CCNCC1. The average molecular weight is 311 g/mol. The van der Waals surface area contributed by atoms with Gasteiger partial charge in [0.2, 0.25) is 6.43 Å². The average Bonchev–Trinajstić information content (AvgIpc) is 2.40. The second-order valence-corrected chi connectivity index (χ2v) is 4.61. The second kappa shape index (κ2) is 7.71. The molecule has 1 fully saturated rings. The Labute approximate surface area is 122 Å².